The lowest BCUT2D eigenvalue weighted by molar-refractivity contribution is -0.113. The van der Waals surface area contributed by atoms with Crippen molar-refractivity contribution >= 4 is 40.2 Å². The zero-order valence-electron chi connectivity index (χ0n) is 17.5. The molecular weight excluding hydrogens is 416 g/mol. The molecule has 0 aliphatic heterocycles. The van der Waals surface area contributed by atoms with E-state index in [-0.39, 0.29) is 22.6 Å². The number of rotatable bonds is 6. The second-order valence-electron chi connectivity index (χ2n) is 8.00. The van der Waals surface area contributed by atoms with Crippen LogP contribution in [0.3, 0.4) is 0 Å². The number of hydrogen-bond acceptors (Lipinski definition) is 7. The molecule has 3 aromatic heterocycles. The zero-order valence-corrected chi connectivity index (χ0v) is 18.3. The van der Waals surface area contributed by atoms with E-state index in [1.807, 2.05) is 39.0 Å². The molecule has 10 heteroatoms. The van der Waals surface area contributed by atoms with Crippen LogP contribution in [0.1, 0.15) is 26.5 Å². The number of carbonyl (C=O) groups excluding carboxylic acids is 1. The Kier molecular flexibility index (Phi) is 5.40. The monoisotopic (exact) mass is 438 g/mol. The molecule has 9 nitrogen and oxygen atoms in total. The number of amides is 1. The summed E-state index contributed by atoms with van der Waals surface area (Å²) in [6, 6.07) is 8.96. The number of benzene rings is 1. The maximum absolute atomic E-state index is 12.8. The lowest BCUT2D eigenvalue weighted by atomic mass is 9.93. The van der Waals surface area contributed by atoms with Crippen molar-refractivity contribution in [2.75, 3.05) is 11.1 Å². The Bertz CT molecular complexity index is 1340. The van der Waals surface area contributed by atoms with Crippen LogP contribution in [0.25, 0.3) is 16.7 Å². The van der Waals surface area contributed by atoms with E-state index in [9.17, 15) is 9.59 Å². The lowest BCUT2D eigenvalue weighted by Crippen LogP contribution is -2.22. The fraction of sp³-hybridized carbons (Fsp3) is 0.286. The van der Waals surface area contributed by atoms with E-state index < -0.39 is 0 Å². The molecule has 4 rings (SSSR count). The van der Waals surface area contributed by atoms with Gasteiger partial charge in [0.15, 0.2) is 11.0 Å². The van der Waals surface area contributed by atoms with Gasteiger partial charge in [-0.3, -0.25) is 18.6 Å². The summed E-state index contributed by atoms with van der Waals surface area (Å²) in [5.41, 5.74) is 0.320. The number of fused-ring (bicyclic) bond motifs is 3. The molecule has 1 aromatic carbocycles. The minimum absolute atomic E-state index is 0.0907. The van der Waals surface area contributed by atoms with Gasteiger partial charge in [0.05, 0.1) is 16.7 Å². The molecule has 0 atom stereocenters. The molecule has 0 aliphatic carbocycles. The van der Waals surface area contributed by atoms with Crippen LogP contribution in [0.5, 0.6) is 0 Å². The molecule has 1 N–H and O–H groups in total. The Morgan fingerprint density at radius 2 is 2.06 bits per heavy atom. The van der Waals surface area contributed by atoms with Crippen LogP contribution >= 0.6 is 11.8 Å². The molecule has 3 heterocycles. The van der Waals surface area contributed by atoms with Crippen molar-refractivity contribution in [2.45, 2.75) is 37.9 Å². The molecule has 0 unspecified atom stereocenters. The van der Waals surface area contributed by atoms with Gasteiger partial charge in [0, 0.05) is 18.0 Å². The molecule has 0 saturated heterocycles. The van der Waals surface area contributed by atoms with Crippen LogP contribution in [0.2, 0.25) is 0 Å². The van der Waals surface area contributed by atoms with Crippen LogP contribution < -0.4 is 10.9 Å². The van der Waals surface area contributed by atoms with Gasteiger partial charge in [0.1, 0.15) is 5.76 Å². The van der Waals surface area contributed by atoms with E-state index >= 15 is 0 Å². The molecule has 0 bridgehead atoms. The van der Waals surface area contributed by atoms with E-state index in [1.165, 1.54) is 16.3 Å². The number of anilines is 1. The second kappa shape index (κ2) is 8.03. The molecule has 160 valence electrons. The highest BCUT2D eigenvalue weighted by atomic mass is 32.2. The highest BCUT2D eigenvalue weighted by Gasteiger charge is 2.21. The Morgan fingerprint density at radius 3 is 2.77 bits per heavy atom. The summed E-state index contributed by atoms with van der Waals surface area (Å²) >= 11 is 1.22. The topological polar surface area (TPSA) is 107 Å². The largest absolute Gasteiger partial charge is 0.359 e. The number of thioether (sulfide) groups is 1. The Morgan fingerprint density at radius 1 is 1.29 bits per heavy atom. The van der Waals surface area contributed by atoms with Gasteiger partial charge in [-0.2, -0.15) is 0 Å². The number of carbonyl (C=O) groups is 1. The molecular formula is C21H22N6O3S. The van der Waals surface area contributed by atoms with Gasteiger partial charge in [-0.25, -0.2) is 0 Å². The maximum Gasteiger partial charge on any atom is 0.263 e. The number of allylic oxidation sites excluding steroid dienone is 1. The van der Waals surface area contributed by atoms with Gasteiger partial charge in [-0.15, -0.1) is 16.8 Å². The number of nitrogens with zero attached hydrogens (tertiary/aromatic N) is 5. The van der Waals surface area contributed by atoms with Crippen molar-refractivity contribution in [1.29, 1.82) is 0 Å². The van der Waals surface area contributed by atoms with Crippen molar-refractivity contribution < 1.29 is 9.32 Å². The highest BCUT2D eigenvalue weighted by Crippen LogP contribution is 2.25. The van der Waals surface area contributed by atoms with E-state index in [4.69, 9.17) is 4.52 Å². The fourth-order valence-electron chi connectivity index (χ4n) is 3.12. The van der Waals surface area contributed by atoms with Crippen LogP contribution in [-0.2, 0) is 16.8 Å². The van der Waals surface area contributed by atoms with Crippen molar-refractivity contribution in [1.82, 2.24) is 24.3 Å². The predicted molar refractivity (Wildman–Crippen MR) is 120 cm³/mol. The third-order valence-corrected chi connectivity index (χ3v) is 5.57. The summed E-state index contributed by atoms with van der Waals surface area (Å²) < 4.78 is 8.59. The van der Waals surface area contributed by atoms with Gasteiger partial charge in [0.25, 0.3) is 5.56 Å². The molecule has 0 spiro atoms. The molecule has 1 amide bonds. The first-order valence-electron chi connectivity index (χ1n) is 9.67. The molecule has 4 aromatic rings. The van der Waals surface area contributed by atoms with E-state index in [1.54, 1.807) is 22.6 Å². The van der Waals surface area contributed by atoms with E-state index in [0.29, 0.717) is 40.0 Å². The summed E-state index contributed by atoms with van der Waals surface area (Å²) in [5.74, 6) is 1.29. The maximum atomic E-state index is 12.8. The average molecular weight is 439 g/mol. The smallest absolute Gasteiger partial charge is 0.263 e. The van der Waals surface area contributed by atoms with Crippen LogP contribution in [0, 0.1) is 0 Å². The summed E-state index contributed by atoms with van der Waals surface area (Å²) in [5, 5.41) is 16.1. The first kappa shape index (κ1) is 20.9. The highest BCUT2D eigenvalue weighted by molar-refractivity contribution is 7.99. The van der Waals surface area contributed by atoms with Crippen LogP contribution in [0.15, 0.2) is 57.5 Å². The Balaban J connectivity index is 1.61. The quantitative estimate of drug-likeness (QED) is 0.364. The SMILES string of the molecule is C=CCn1c(=O)c2ccccc2n2c(SCC(=O)Nc3cc(C(C)(C)C)on3)nnc12. The first-order chi connectivity index (χ1) is 14.8. The van der Waals surface area contributed by atoms with Crippen LogP contribution in [-0.4, -0.2) is 36.0 Å². The van der Waals surface area contributed by atoms with E-state index in [2.05, 4.69) is 27.2 Å². The number of nitrogens with one attached hydrogen (secondary N) is 1. The average Bonchev–Trinajstić information content (AvgIpc) is 3.37. The zero-order chi connectivity index (χ0) is 22.2. The van der Waals surface area contributed by atoms with E-state index in [0.717, 1.165) is 0 Å². The Labute approximate surface area is 182 Å². The minimum atomic E-state index is -0.251. The summed E-state index contributed by atoms with van der Waals surface area (Å²) in [7, 11) is 0. The second-order valence-corrected chi connectivity index (χ2v) is 8.95. The van der Waals surface area contributed by atoms with Crippen molar-refractivity contribution in [3.63, 3.8) is 0 Å². The van der Waals surface area contributed by atoms with Crippen molar-refractivity contribution in [3.8, 4) is 0 Å². The van der Waals surface area contributed by atoms with Gasteiger partial charge >= 0.3 is 0 Å². The fourth-order valence-corrected chi connectivity index (χ4v) is 3.86. The van der Waals surface area contributed by atoms with Gasteiger partial charge < -0.3 is 9.84 Å². The third-order valence-electron chi connectivity index (χ3n) is 4.64. The summed E-state index contributed by atoms with van der Waals surface area (Å²) in [4.78, 5) is 25.3. The Hall–Kier alpha value is -3.40. The van der Waals surface area contributed by atoms with Gasteiger partial charge in [-0.05, 0) is 12.1 Å². The lowest BCUT2D eigenvalue weighted by Gasteiger charge is -2.12. The van der Waals surface area contributed by atoms with Crippen molar-refractivity contribution in [3.05, 3.63) is 59.1 Å². The number of aromatic nitrogens is 5. The number of para-hydroxylation sites is 1. The summed E-state index contributed by atoms with van der Waals surface area (Å²) in [6.45, 7) is 10.0. The number of hydrogen-bond donors (Lipinski definition) is 1. The summed E-state index contributed by atoms with van der Waals surface area (Å²) in [6.07, 6.45) is 1.63. The van der Waals surface area contributed by atoms with Gasteiger partial charge in [-0.1, -0.05) is 55.9 Å². The molecule has 0 radical (unpaired) electrons. The third kappa shape index (κ3) is 3.98. The molecule has 0 fully saturated rings. The van der Waals surface area contributed by atoms with Crippen molar-refractivity contribution in [2.24, 2.45) is 0 Å². The molecule has 0 aliphatic rings. The first-order valence-corrected chi connectivity index (χ1v) is 10.7. The standard InChI is InChI=1S/C21H22N6O3S/c1-5-10-26-18(29)13-8-6-7-9-14(13)27-19(26)23-24-20(27)31-12-17(28)22-16-11-15(30-25-16)21(2,3)4/h5-9,11H,1,10,12H2,2-4H3,(H,22,25,28). The van der Waals surface area contributed by atoms with Crippen LogP contribution in [0.4, 0.5) is 5.82 Å². The molecule has 31 heavy (non-hydrogen) atoms. The minimum Gasteiger partial charge on any atom is -0.359 e. The normalized spacial score (nSPS) is 11.8. The predicted octanol–water partition coefficient (Wildman–Crippen LogP) is 3.25. The van der Waals surface area contributed by atoms with Gasteiger partial charge in [0.2, 0.25) is 11.7 Å². The molecule has 0 saturated carbocycles.